The summed E-state index contributed by atoms with van der Waals surface area (Å²) in [6, 6.07) is 6.84. The maximum Gasteiger partial charge on any atom is 0.229 e. The molecule has 0 amide bonds. The van der Waals surface area contributed by atoms with Crippen molar-refractivity contribution in [1.29, 1.82) is 0 Å². The van der Waals surface area contributed by atoms with E-state index in [0.717, 1.165) is 0 Å². The van der Waals surface area contributed by atoms with E-state index in [1.807, 2.05) is 0 Å². The van der Waals surface area contributed by atoms with Crippen molar-refractivity contribution in [3.05, 3.63) is 36.2 Å². The predicted octanol–water partition coefficient (Wildman–Crippen LogP) is 1.97. The van der Waals surface area contributed by atoms with Crippen molar-refractivity contribution in [3.8, 4) is 17.2 Å². The van der Waals surface area contributed by atoms with Gasteiger partial charge < -0.3 is 14.6 Å². The summed E-state index contributed by atoms with van der Waals surface area (Å²) in [5.74, 6) is 0.502. The molecule has 4 nitrogen and oxygen atoms in total. The van der Waals surface area contributed by atoms with Crippen LogP contribution in [0.1, 0.15) is 12.6 Å². The van der Waals surface area contributed by atoms with Gasteiger partial charge in [-0.2, -0.15) is 0 Å². The molecule has 1 unspecified atom stereocenters. The van der Waals surface area contributed by atoms with E-state index in [1.54, 1.807) is 31.2 Å². The molecule has 16 heavy (non-hydrogen) atoms. The molecule has 2 aromatic rings. The van der Waals surface area contributed by atoms with Gasteiger partial charge in [0.2, 0.25) is 5.89 Å². The van der Waals surface area contributed by atoms with Gasteiger partial charge in [0.1, 0.15) is 12.0 Å². The number of phenols is 1. The number of hydrogen-bond donors (Lipinski definition) is 2. The van der Waals surface area contributed by atoms with Crippen molar-refractivity contribution >= 4 is 0 Å². The second-order valence-electron chi connectivity index (χ2n) is 3.71. The van der Waals surface area contributed by atoms with Crippen molar-refractivity contribution in [2.75, 3.05) is 0 Å². The van der Waals surface area contributed by atoms with E-state index in [9.17, 15) is 10.2 Å². The Morgan fingerprint density at radius 3 is 2.81 bits per heavy atom. The van der Waals surface area contributed by atoms with Gasteiger partial charge in [-0.05, 0) is 19.1 Å². The summed E-state index contributed by atoms with van der Waals surface area (Å²) in [5.41, 5.74) is 1.23. The largest absolute Gasteiger partial charge is 0.507 e. The fourth-order valence-corrected chi connectivity index (χ4v) is 1.48. The molecule has 0 aliphatic heterocycles. The minimum absolute atomic E-state index is 0.132. The second-order valence-corrected chi connectivity index (χ2v) is 3.71. The van der Waals surface area contributed by atoms with Crippen LogP contribution in [0.4, 0.5) is 0 Å². The quantitative estimate of drug-likeness (QED) is 0.828. The molecule has 0 spiro atoms. The van der Waals surface area contributed by atoms with Crippen molar-refractivity contribution in [2.24, 2.45) is 0 Å². The molecule has 0 aliphatic carbocycles. The van der Waals surface area contributed by atoms with E-state index >= 15 is 0 Å². The van der Waals surface area contributed by atoms with Gasteiger partial charge >= 0.3 is 0 Å². The molecule has 0 radical (unpaired) electrons. The molecule has 1 atom stereocenters. The Morgan fingerprint density at radius 1 is 1.38 bits per heavy atom. The van der Waals surface area contributed by atoms with Crippen LogP contribution in [0, 0.1) is 0 Å². The van der Waals surface area contributed by atoms with Gasteiger partial charge in [0.05, 0.1) is 17.4 Å². The number of rotatable bonds is 3. The van der Waals surface area contributed by atoms with Crippen LogP contribution in [0.2, 0.25) is 0 Å². The Balaban J connectivity index is 2.28. The molecule has 0 fully saturated rings. The van der Waals surface area contributed by atoms with Crippen molar-refractivity contribution in [2.45, 2.75) is 19.4 Å². The summed E-state index contributed by atoms with van der Waals surface area (Å²) in [4.78, 5) is 4.19. The third-order valence-corrected chi connectivity index (χ3v) is 2.19. The van der Waals surface area contributed by atoms with Crippen molar-refractivity contribution < 1.29 is 14.6 Å². The lowest BCUT2D eigenvalue weighted by Gasteiger charge is -1.99. The molecule has 0 saturated heterocycles. The predicted molar refractivity (Wildman–Crippen MR) is 59.0 cm³/mol. The van der Waals surface area contributed by atoms with Gasteiger partial charge in [-0.3, -0.25) is 0 Å². The summed E-state index contributed by atoms with van der Waals surface area (Å²) in [7, 11) is 0. The molecule has 1 aromatic carbocycles. The van der Waals surface area contributed by atoms with Gasteiger partial charge in [0.25, 0.3) is 0 Å². The number of hydrogen-bond acceptors (Lipinski definition) is 4. The molecular weight excluding hydrogens is 206 g/mol. The lowest BCUT2D eigenvalue weighted by atomic mass is 10.2. The molecule has 1 heterocycles. The molecule has 0 aliphatic rings. The highest BCUT2D eigenvalue weighted by atomic mass is 16.3. The Bertz CT molecular complexity index is 477. The number of aromatic nitrogens is 1. The maximum atomic E-state index is 9.61. The zero-order chi connectivity index (χ0) is 11.5. The molecular formula is C12H13NO3. The van der Waals surface area contributed by atoms with Crippen LogP contribution in [-0.2, 0) is 6.42 Å². The number of phenolic OH excluding ortho intramolecular Hbond substituents is 1. The second kappa shape index (κ2) is 4.37. The number of aromatic hydroxyl groups is 1. The van der Waals surface area contributed by atoms with Crippen molar-refractivity contribution in [1.82, 2.24) is 4.98 Å². The third kappa shape index (κ3) is 2.23. The zero-order valence-electron chi connectivity index (χ0n) is 8.92. The number of aliphatic hydroxyl groups excluding tert-OH is 1. The molecule has 4 heteroatoms. The topological polar surface area (TPSA) is 66.5 Å². The van der Waals surface area contributed by atoms with Gasteiger partial charge in [0.15, 0.2) is 0 Å². The minimum atomic E-state index is -0.456. The zero-order valence-corrected chi connectivity index (χ0v) is 8.92. The van der Waals surface area contributed by atoms with E-state index < -0.39 is 6.10 Å². The van der Waals surface area contributed by atoms with Crippen LogP contribution in [0.15, 0.2) is 34.9 Å². The lowest BCUT2D eigenvalue weighted by Crippen LogP contribution is -2.04. The van der Waals surface area contributed by atoms with E-state index in [2.05, 4.69) is 4.98 Å². The number of nitrogens with zero attached hydrogens (tertiary/aromatic N) is 1. The minimum Gasteiger partial charge on any atom is -0.507 e. The number of oxazole rings is 1. The van der Waals surface area contributed by atoms with E-state index in [1.165, 1.54) is 6.26 Å². The Labute approximate surface area is 93.2 Å². The summed E-state index contributed by atoms with van der Waals surface area (Å²) < 4.78 is 5.25. The Hall–Kier alpha value is -1.81. The monoisotopic (exact) mass is 219 g/mol. The first-order valence-corrected chi connectivity index (χ1v) is 5.07. The summed E-state index contributed by atoms with van der Waals surface area (Å²) in [6.45, 7) is 1.69. The highest BCUT2D eigenvalue weighted by molar-refractivity contribution is 5.61. The highest BCUT2D eigenvalue weighted by Gasteiger charge is 2.11. The number of para-hydroxylation sites is 1. The molecule has 2 N–H and O–H groups in total. The fourth-order valence-electron chi connectivity index (χ4n) is 1.48. The summed E-state index contributed by atoms with van der Waals surface area (Å²) in [5, 5.41) is 18.8. The average Bonchev–Trinajstić information content (AvgIpc) is 2.66. The first kappa shape index (κ1) is 10.7. The maximum absolute atomic E-state index is 9.61. The Kier molecular flexibility index (Phi) is 2.92. The van der Waals surface area contributed by atoms with E-state index in [0.29, 0.717) is 23.6 Å². The first-order valence-electron chi connectivity index (χ1n) is 5.07. The fraction of sp³-hybridized carbons (Fsp3) is 0.250. The Morgan fingerprint density at radius 2 is 2.12 bits per heavy atom. The van der Waals surface area contributed by atoms with Gasteiger partial charge in [-0.25, -0.2) is 4.98 Å². The third-order valence-electron chi connectivity index (χ3n) is 2.19. The van der Waals surface area contributed by atoms with E-state index in [4.69, 9.17) is 4.42 Å². The van der Waals surface area contributed by atoms with E-state index in [-0.39, 0.29) is 5.75 Å². The van der Waals surface area contributed by atoms with Gasteiger partial charge in [-0.1, -0.05) is 12.1 Å². The molecule has 0 bridgehead atoms. The molecule has 1 aromatic heterocycles. The van der Waals surface area contributed by atoms with Crippen LogP contribution in [0.5, 0.6) is 5.75 Å². The lowest BCUT2D eigenvalue weighted by molar-refractivity contribution is 0.194. The van der Waals surface area contributed by atoms with Crippen LogP contribution in [-0.4, -0.2) is 21.3 Å². The van der Waals surface area contributed by atoms with Crippen molar-refractivity contribution in [3.63, 3.8) is 0 Å². The SMILES string of the molecule is CC(O)Cc1coc(-c2ccccc2O)n1. The summed E-state index contributed by atoms with van der Waals surface area (Å²) in [6.07, 6.45) is 1.48. The number of benzene rings is 1. The highest BCUT2D eigenvalue weighted by Crippen LogP contribution is 2.27. The average molecular weight is 219 g/mol. The van der Waals surface area contributed by atoms with Crippen LogP contribution >= 0.6 is 0 Å². The standard InChI is InChI=1S/C12H13NO3/c1-8(14)6-9-7-16-12(13-9)10-4-2-3-5-11(10)15/h2-5,7-8,14-15H,6H2,1H3. The van der Waals surface area contributed by atoms with Gasteiger partial charge in [0, 0.05) is 6.42 Å². The first-order chi connectivity index (χ1) is 7.66. The molecule has 2 rings (SSSR count). The van der Waals surface area contributed by atoms with Crippen LogP contribution in [0.25, 0.3) is 11.5 Å². The molecule has 0 saturated carbocycles. The smallest absolute Gasteiger partial charge is 0.229 e. The van der Waals surface area contributed by atoms with Gasteiger partial charge in [-0.15, -0.1) is 0 Å². The van der Waals surface area contributed by atoms with Crippen LogP contribution < -0.4 is 0 Å². The molecule has 84 valence electrons. The summed E-state index contributed by atoms with van der Waals surface area (Å²) >= 11 is 0. The van der Waals surface area contributed by atoms with Crippen LogP contribution in [0.3, 0.4) is 0 Å². The number of aliphatic hydroxyl groups is 1. The normalized spacial score (nSPS) is 12.6.